The van der Waals surface area contributed by atoms with Crippen molar-refractivity contribution in [2.24, 2.45) is 0 Å². The zero-order chi connectivity index (χ0) is 14.2. The van der Waals surface area contributed by atoms with Gasteiger partial charge < -0.3 is 9.84 Å². The molecule has 0 aromatic carbocycles. The van der Waals surface area contributed by atoms with Crippen molar-refractivity contribution in [2.45, 2.75) is 50.9 Å². The average molecular weight is 282 g/mol. The molecule has 106 valence electrons. The molecule has 0 fully saturated rings. The second kappa shape index (κ2) is 8.04. The first-order chi connectivity index (χ1) is 8.27. The van der Waals surface area contributed by atoms with Crippen LogP contribution >= 0.6 is 0 Å². The fourth-order valence-corrected chi connectivity index (χ4v) is 1.94. The second-order valence-electron chi connectivity index (χ2n) is 3.82. The summed E-state index contributed by atoms with van der Waals surface area (Å²) in [5.74, 6) is -2.13. The number of rotatable bonds is 9. The van der Waals surface area contributed by atoms with Gasteiger partial charge in [-0.3, -0.25) is 14.1 Å². The fraction of sp³-hybridized carbons (Fsp3) is 0.800. The maximum Gasteiger partial charge on any atom is 0.307 e. The normalized spacial score (nSPS) is 13.0. The lowest BCUT2D eigenvalue weighted by Gasteiger charge is -2.14. The van der Waals surface area contributed by atoms with Gasteiger partial charge in [-0.05, 0) is 6.42 Å². The van der Waals surface area contributed by atoms with Crippen LogP contribution in [0.3, 0.4) is 0 Å². The van der Waals surface area contributed by atoms with Crippen LogP contribution < -0.4 is 0 Å². The highest BCUT2D eigenvalue weighted by Crippen LogP contribution is 2.13. The lowest BCUT2D eigenvalue weighted by molar-refractivity contribution is -0.149. The van der Waals surface area contributed by atoms with Crippen LogP contribution in [0, 0.1) is 0 Å². The first-order valence-electron chi connectivity index (χ1n) is 5.65. The Balaban J connectivity index is 4.32. The summed E-state index contributed by atoms with van der Waals surface area (Å²) in [6.07, 6.45) is 1.24. The number of unbranched alkanes of at least 4 members (excludes halogenated alkanes) is 2. The minimum Gasteiger partial charge on any atom is -0.481 e. The highest BCUT2D eigenvalue weighted by molar-refractivity contribution is 7.86. The summed E-state index contributed by atoms with van der Waals surface area (Å²) in [7, 11) is -4.47. The third kappa shape index (κ3) is 8.02. The number of esters is 1. The highest BCUT2D eigenvalue weighted by atomic mass is 32.2. The molecule has 0 aliphatic rings. The Morgan fingerprint density at radius 1 is 1.22 bits per heavy atom. The van der Waals surface area contributed by atoms with E-state index in [1.807, 2.05) is 6.92 Å². The molecule has 0 aliphatic heterocycles. The van der Waals surface area contributed by atoms with Crippen molar-refractivity contribution in [2.75, 3.05) is 0 Å². The maximum absolute atomic E-state index is 11.2. The Morgan fingerprint density at radius 3 is 2.28 bits per heavy atom. The van der Waals surface area contributed by atoms with Crippen LogP contribution in [0.5, 0.6) is 0 Å². The van der Waals surface area contributed by atoms with Gasteiger partial charge in [0.15, 0.2) is 0 Å². The van der Waals surface area contributed by atoms with Gasteiger partial charge in [0, 0.05) is 6.42 Å². The minimum atomic E-state index is -4.47. The number of aliphatic carboxylic acids is 1. The summed E-state index contributed by atoms with van der Waals surface area (Å²) in [5.41, 5.74) is -1.61. The Morgan fingerprint density at radius 2 is 1.83 bits per heavy atom. The standard InChI is InChI=1S/C10H18O7S/c1-2-3-4-5-10(18(14,15)16)17-9(13)7-6-8(11)12/h10H,2-7H2,1H3,(H,11,12)(H,14,15,16). The predicted octanol–water partition coefficient (Wildman–Crippen LogP) is 1.19. The second-order valence-corrected chi connectivity index (χ2v) is 5.38. The number of carboxylic acid groups (broad SMARTS) is 1. The van der Waals surface area contributed by atoms with E-state index in [1.165, 1.54) is 0 Å². The SMILES string of the molecule is CCCCCC(OC(=O)CCC(=O)O)S(=O)(=O)O. The largest absolute Gasteiger partial charge is 0.481 e. The van der Waals surface area contributed by atoms with E-state index < -0.39 is 40.3 Å². The first kappa shape index (κ1) is 16.9. The number of carbonyl (C=O) groups is 2. The van der Waals surface area contributed by atoms with E-state index in [0.29, 0.717) is 6.42 Å². The molecule has 0 rings (SSSR count). The van der Waals surface area contributed by atoms with Gasteiger partial charge in [0.05, 0.1) is 12.8 Å². The molecule has 0 saturated heterocycles. The van der Waals surface area contributed by atoms with Crippen LogP contribution in [0.2, 0.25) is 0 Å². The van der Waals surface area contributed by atoms with Crippen molar-refractivity contribution in [3.05, 3.63) is 0 Å². The molecule has 0 heterocycles. The predicted molar refractivity (Wildman–Crippen MR) is 62.4 cm³/mol. The van der Waals surface area contributed by atoms with Gasteiger partial charge in [-0.1, -0.05) is 19.8 Å². The van der Waals surface area contributed by atoms with E-state index in [0.717, 1.165) is 12.8 Å². The monoisotopic (exact) mass is 282 g/mol. The molecule has 8 heteroatoms. The summed E-state index contributed by atoms with van der Waals surface area (Å²) >= 11 is 0. The van der Waals surface area contributed by atoms with E-state index in [1.54, 1.807) is 0 Å². The molecule has 18 heavy (non-hydrogen) atoms. The zero-order valence-electron chi connectivity index (χ0n) is 10.2. The molecule has 0 saturated carbocycles. The highest BCUT2D eigenvalue weighted by Gasteiger charge is 2.26. The van der Waals surface area contributed by atoms with E-state index in [4.69, 9.17) is 9.66 Å². The molecule has 0 amide bonds. The smallest absolute Gasteiger partial charge is 0.307 e. The molecule has 0 spiro atoms. The van der Waals surface area contributed by atoms with Crippen molar-refractivity contribution in [1.82, 2.24) is 0 Å². The van der Waals surface area contributed by atoms with Crippen LogP contribution in [0.25, 0.3) is 0 Å². The fourth-order valence-electron chi connectivity index (χ4n) is 1.24. The Hall–Kier alpha value is -1.15. The van der Waals surface area contributed by atoms with E-state index in [2.05, 4.69) is 4.74 Å². The van der Waals surface area contributed by atoms with Gasteiger partial charge in [-0.2, -0.15) is 8.42 Å². The number of carboxylic acids is 1. The van der Waals surface area contributed by atoms with Gasteiger partial charge in [-0.25, -0.2) is 0 Å². The van der Waals surface area contributed by atoms with Crippen molar-refractivity contribution in [1.29, 1.82) is 0 Å². The summed E-state index contributed by atoms with van der Waals surface area (Å²) in [4.78, 5) is 21.4. The topological polar surface area (TPSA) is 118 Å². The van der Waals surface area contributed by atoms with E-state index >= 15 is 0 Å². The van der Waals surface area contributed by atoms with Crippen molar-refractivity contribution < 1.29 is 32.4 Å². The Kier molecular flexibility index (Phi) is 7.53. The van der Waals surface area contributed by atoms with Crippen molar-refractivity contribution >= 4 is 22.1 Å². The lowest BCUT2D eigenvalue weighted by atomic mass is 10.2. The van der Waals surface area contributed by atoms with Gasteiger partial charge in [-0.15, -0.1) is 0 Å². The molecule has 0 aromatic heterocycles. The number of hydrogen-bond acceptors (Lipinski definition) is 5. The Bertz CT molecular complexity index is 374. The molecular formula is C10H18O7S. The van der Waals surface area contributed by atoms with Crippen molar-refractivity contribution in [3.8, 4) is 0 Å². The molecular weight excluding hydrogens is 264 g/mol. The average Bonchev–Trinajstić information content (AvgIpc) is 2.24. The van der Waals surface area contributed by atoms with Gasteiger partial charge in [0.25, 0.3) is 0 Å². The van der Waals surface area contributed by atoms with Crippen LogP contribution in [0.15, 0.2) is 0 Å². The number of ether oxygens (including phenoxy) is 1. The molecule has 0 aromatic rings. The molecule has 0 bridgehead atoms. The van der Waals surface area contributed by atoms with E-state index in [-0.39, 0.29) is 6.42 Å². The molecule has 7 nitrogen and oxygen atoms in total. The zero-order valence-corrected chi connectivity index (χ0v) is 11.0. The lowest BCUT2D eigenvalue weighted by Crippen LogP contribution is -2.27. The summed E-state index contributed by atoms with van der Waals surface area (Å²) in [6, 6.07) is 0. The minimum absolute atomic E-state index is 0.00544. The summed E-state index contributed by atoms with van der Waals surface area (Å²) in [5, 5.41) is 8.35. The number of hydrogen-bond donors (Lipinski definition) is 2. The molecule has 2 N–H and O–H groups in total. The van der Waals surface area contributed by atoms with Gasteiger partial charge in [0.2, 0.25) is 5.44 Å². The summed E-state index contributed by atoms with van der Waals surface area (Å²) < 4.78 is 35.4. The Labute approximate surface area is 106 Å². The molecule has 1 atom stereocenters. The van der Waals surface area contributed by atoms with Gasteiger partial charge in [0.1, 0.15) is 0 Å². The van der Waals surface area contributed by atoms with Crippen LogP contribution in [0.1, 0.15) is 45.4 Å². The third-order valence-corrected chi connectivity index (χ3v) is 3.18. The molecule has 0 radical (unpaired) electrons. The van der Waals surface area contributed by atoms with Crippen LogP contribution in [0.4, 0.5) is 0 Å². The summed E-state index contributed by atoms with van der Waals surface area (Å²) in [6.45, 7) is 1.92. The van der Waals surface area contributed by atoms with Crippen LogP contribution in [-0.4, -0.2) is 35.5 Å². The molecule has 0 aliphatic carbocycles. The van der Waals surface area contributed by atoms with E-state index in [9.17, 15) is 18.0 Å². The van der Waals surface area contributed by atoms with Crippen LogP contribution in [-0.2, 0) is 24.4 Å². The number of carbonyl (C=O) groups excluding carboxylic acids is 1. The maximum atomic E-state index is 11.2. The quantitative estimate of drug-likeness (QED) is 0.370. The molecule has 1 unspecified atom stereocenters. The third-order valence-electron chi connectivity index (χ3n) is 2.18. The first-order valence-corrected chi connectivity index (χ1v) is 7.15. The van der Waals surface area contributed by atoms with Gasteiger partial charge >= 0.3 is 22.1 Å². The van der Waals surface area contributed by atoms with Crippen molar-refractivity contribution in [3.63, 3.8) is 0 Å².